The van der Waals surface area contributed by atoms with Crippen molar-refractivity contribution in [3.05, 3.63) is 29.0 Å². The number of carbonyl (C=O) groups is 1. The molecular formula is C19H20N4O6. The average Bonchev–Trinajstić information content (AvgIpc) is 3.12. The van der Waals surface area contributed by atoms with Crippen molar-refractivity contribution in [3.8, 4) is 29.2 Å². The van der Waals surface area contributed by atoms with Gasteiger partial charge in [-0.2, -0.15) is 5.26 Å². The SMILES string of the molecule is COC(=O)Cc1[nH]nc2c1C(c1cc(OC)c(OC)c(OC)c1)C(C#N)C(=N)O2. The molecule has 2 aromatic rings. The maximum absolute atomic E-state index is 11.8. The van der Waals surface area contributed by atoms with Crippen molar-refractivity contribution in [2.24, 2.45) is 5.92 Å². The summed E-state index contributed by atoms with van der Waals surface area (Å²) in [7, 11) is 5.75. The highest BCUT2D eigenvalue weighted by molar-refractivity contribution is 5.85. The number of hydrogen-bond acceptors (Lipinski definition) is 9. The summed E-state index contributed by atoms with van der Waals surface area (Å²) in [5.41, 5.74) is 1.57. The van der Waals surface area contributed by atoms with Gasteiger partial charge in [0.2, 0.25) is 17.5 Å². The Labute approximate surface area is 166 Å². The summed E-state index contributed by atoms with van der Waals surface area (Å²) in [5.74, 6) is -0.977. The van der Waals surface area contributed by atoms with E-state index >= 15 is 0 Å². The summed E-state index contributed by atoms with van der Waals surface area (Å²) in [6.07, 6.45) is -0.0887. The van der Waals surface area contributed by atoms with Crippen LogP contribution in [0.3, 0.4) is 0 Å². The van der Waals surface area contributed by atoms with Crippen LogP contribution in [0.1, 0.15) is 22.7 Å². The summed E-state index contributed by atoms with van der Waals surface area (Å²) in [5, 5.41) is 24.7. The lowest BCUT2D eigenvalue weighted by Gasteiger charge is -2.28. The fourth-order valence-electron chi connectivity index (χ4n) is 3.38. The topological polar surface area (TPSA) is 140 Å². The minimum atomic E-state index is -0.945. The van der Waals surface area contributed by atoms with Crippen LogP contribution in [-0.2, 0) is 16.0 Å². The first-order chi connectivity index (χ1) is 14.0. The Morgan fingerprint density at radius 3 is 2.41 bits per heavy atom. The van der Waals surface area contributed by atoms with Crippen molar-refractivity contribution in [1.82, 2.24) is 10.2 Å². The lowest BCUT2D eigenvalue weighted by molar-refractivity contribution is -0.139. The van der Waals surface area contributed by atoms with E-state index in [1.54, 1.807) is 12.1 Å². The van der Waals surface area contributed by atoms with Crippen molar-refractivity contribution in [2.45, 2.75) is 12.3 Å². The van der Waals surface area contributed by atoms with Crippen molar-refractivity contribution < 1.29 is 28.5 Å². The second kappa shape index (κ2) is 8.10. The van der Waals surface area contributed by atoms with E-state index < -0.39 is 17.8 Å². The number of hydrogen-bond donors (Lipinski definition) is 2. The Morgan fingerprint density at radius 1 is 1.24 bits per heavy atom. The Balaban J connectivity index is 2.23. The first kappa shape index (κ1) is 20.0. The number of ether oxygens (including phenoxy) is 5. The van der Waals surface area contributed by atoms with Crippen LogP contribution in [0.5, 0.6) is 23.1 Å². The number of esters is 1. The minimum absolute atomic E-state index is 0.0887. The number of carbonyl (C=O) groups excluding carboxylic acids is 1. The quantitative estimate of drug-likeness (QED) is 0.700. The third kappa shape index (κ3) is 3.42. The molecular weight excluding hydrogens is 380 g/mol. The second-order valence-electron chi connectivity index (χ2n) is 6.18. The molecule has 2 atom stereocenters. The molecule has 0 fully saturated rings. The second-order valence-corrected chi connectivity index (χ2v) is 6.18. The van der Waals surface area contributed by atoms with Crippen LogP contribution in [0, 0.1) is 22.7 Å². The van der Waals surface area contributed by atoms with Crippen molar-refractivity contribution in [3.63, 3.8) is 0 Å². The monoisotopic (exact) mass is 400 g/mol. The zero-order valence-corrected chi connectivity index (χ0v) is 16.4. The van der Waals surface area contributed by atoms with E-state index in [-0.39, 0.29) is 18.2 Å². The molecule has 0 saturated carbocycles. The maximum Gasteiger partial charge on any atom is 0.311 e. The van der Waals surface area contributed by atoms with Gasteiger partial charge in [0.05, 0.1) is 46.6 Å². The summed E-state index contributed by atoms with van der Waals surface area (Å²) >= 11 is 0. The number of aromatic nitrogens is 2. The van der Waals surface area contributed by atoms with E-state index in [1.165, 1.54) is 28.4 Å². The highest BCUT2D eigenvalue weighted by Gasteiger charge is 2.41. The van der Waals surface area contributed by atoms with E-state index in [2.05, 4.69) is 16.3 Å². The summed E-state index contributed by atoms with van der Waals surface area (Å²) in [6, 6.07) is 5.51. The molecule has 0 radical (unpaired) electrons. The standard InChI is InChI=1S/C19H20N4O6/c1-25-12-5-9(6-13(26-2)17(12)28-4)15-10(8-20)18(21)29-19-16(15)11(22-23-19)7-14(24)27-3/h5-6,10,15,21H,7H2,1-4H3,(H,22,23). The fraction of sp³-hybridized carbons (Fsp3) is 0.368. The predicted octanol–water partition coefficient (Wildman–Crippen LogP) is 1.79. The highest BCUT2D eigenvalue weighted by Crippen LogP contribution is 2.47. The number of H-pyrrole nitrogens is 1. The zero-order valence-electron chi connectivity index (χ0n) is 16.4. The van der Waals surface area contributed by atoms with Gasteiger partial charge < -0.3 is 23.7 Å². The number of nitrogens with one attached hydrogen (secondary N) is 2. The molecule has 0 saturated heterocycles. The first-order valence-electron chi connectivity index (χ1n) is 8.58. The Morgan fingerprint density at radius 2 is 1.90 bits per heavy atom. The largest absolute Gasteiger partial charge is 0.493 e. The lowest BCUT2D eigenvalue weighted by Crippen LogP contribution is -2.31. The molecule has 0 amide bonds. The highest BCUT2D eigenvalue weighted by atomic mass is 16.5. The smallest absolute Gasteiger partial charge is 0.311 e. The van der Waals surface area contributed by atoms with E-state index in [4.69, 9.17) is 29.1 Å². The van der Waals surface area contributed by atoms with Gasteiger partial charge in [-0.3, -0.25) is 15.3 Å². The van der Waals surface area contributed by atoms with Gasteiger partial charge in [0, 0.05) is 11.5 Å². The number of benzene rings is 1. The van der Waals surface area contributed by atoms with Crippen molar-refractivity contribution >= 4 is 11.9 Å². The summed E-state index contributed by atoms with van der Waals surface area (Å²) in [4.78, 5) is 11.8. The van der Waals surface area contributed by atoms with Crippen molar-refractivity contribution in [1.29, 1.82) is 10.7 Å². The van der Waals surface area contributed by atoms with Crippen LogP contribution in [0.25, 0.3) is 0 Å². The molecule has 0 bridgehead atoms. The number of nitriles is 1. The van der Waals surface area contributed by atoms with Crippen LogP contribution in [0.4, 0.5) is 0 Å². The third-order valence-corrected chi connectivity index (χ3v) is 4.72. The van der Waals surface area contributed by atoms with Crippen LogP contribution in [0.2, 0.25) is 0 Å². The molecule has 0 spiro atoms. The molecule has 152 valence electrons. The van der Waals surface area contributed by atoms with Crippen LogP contribution in [-0.4, -0.2) is 50.5 Å². The minimum Gasteiger partial charge on any atom is -0.493 e. The molecule has 29 heavy (non-hydrogen) atoms. The van der Waals surface area contributed by atoms with Crippen LogP contribution < -0.4 is 18.9 Å². The van der Waals surface area contributed by atoms with Gasteiger partial charge in [0.25, 0.3) is 0 Å². The molecule has 3 rings (SSSR count). The summed E-state index contributed by atoms with van der Waals surface area (Å²) < 4.78 is 26.4. The van der Waals surface area contributed by atoms with E-state index in [0.29, 0.717) is 34.1 Å². The number of fused-ring (bicyclic) bond motifs is 1. The third-order valence-electron chi connectivity index (χ3n) is 4.72. The molecule has 1 aliphatic rings. The predicted molar refractivity (Wildman–Crippen MR) is 99.7 cm³/mol. The maximum atomic E-state index is 11.8. The van der Waals surface area contributed by atoms with Gasteiger partial charge in [-0.25, -0.2) is 0 Å². The Kier molecular flexibility index (Phi) is 5.59. The van der Waals surface area contributed by atoms with Gasteiger partial charge in [0.1, 0.15) is 5.92 Å². The van der Waals surface area contributed by atoms with Crippen LogP contribution >= 0.6 is 0 Å². The zero-order chi connectivity index (χ0) is 21.1. The molecule has 1 aliphatic heterocycles. The van der Waals surface area contributed by atoms with Gasteiger partial charge in [-0.1, -0.05) is 0 Å². The number of aromatic amines is 1. The molecule has 2 heterocycles. The molecule has 1 aromatic carbocycles. The van der Waals surface area contributed by atoms with E-state index in [9.17, 15) is 10.1 Å². The number of rotatable bonds is 6. The molecule has 10 heteroatoms. The Hall–Kier alpha value is -3.74. The molecule has 2 unspecified atom stereocenters. The number of methoxy groups -OCH3 is 4. The van der Waals surface area contributed by atoms with Gasteiger partial charge >= 0.3 is 5.97 Å². The van der Waals surface area contributed by atoms with Crippen LogP contribution in [0.15, 0.2) is 12.1 Å². The van der Waals surface area contributed by atoms with E-state index in [1.807, 2.05) is 0 Å². The van der Waals surface area contributed by atoms with Crippen molar-refractivity contribution in [2.75, 3.05) is 28.4 Å². The summed E-state index contributed by atoms with van der Waals surface area (Å²) in [6.45, 7) is 0. The number of nitrogens with zero attached hydrogens (tertiary/aromatic N) is 2. The van der Waals surface area contributed by atoms with Gasteiger partial charge in [-0.15, -0.1) is 5.10 Å². The first-order valence-corrected chi connectivity index (χ1v) is 8.58. The molecule has 0 aliphatic carbocycles. The van der Waals surface area contributed by atoms with Gasteiger partial charge in [-0.05, 0) is 17.7 Å². The molecule has 1 aromatic heterocycles. The fourth-order valence-corrected chi connectivity index (χ4v) is 3.38. The van der Waals surface area contributed by atoms with E-state index in [0.717, 1.165) is 0 Å². The normalized spacial score (nSPS) is 17.6. The molecule has 10 nitrogen and oxygen atoms in total. The molecule has 2 N–H and O–H groups in total. The lowest BCUT2D eigenvalue weighted by atomic mass is 9.79. The van der Waals surface area contributed by atoms with Gasteiger partial charge in [0.15, 0.2) is 11.5 Å². The Bertz CT molecular complexity index is 968. The average molecular weight is 400 g/mol.